The van der Waals surface area contributed by atoms with Crippen LogP contribution in [0.15, 0.2) is 24.3 Å². The Labute approximate surface area is 134 Å². The highest BCUT2D eigenvalue weighted by Gasteiger charge is 2.64. The zero-order valence-corrected chi connectivity index (χ0v) is 12.5. The van der Waals surface area contributed by atoms with Crippen molar-refractivity contribution < 1.29 is 18.7 Å². The van der Waals surface area contributed by atoms with E-state index in [4.69, 9.17) is 13.6 Å². The average Bonchev–Trinajstić information content (AvgIpc) is 2.89. The molecule has 4 nitrogen and oxygen atoms in total. The van der Waals surface area contributed by atoms with Crippen LogP contribution in [-0.2, 0) is 11.8 Å². The summed E-state index contributed by atoms with van der Waals surface area (Å²) in [4.78, 5) is 1.66. The molecule has 2 aliphatic carbocycles. The molecule has 0 aromatic heterocycles. The smallest absolute Gasteiger partial charge is 0.165 e. The number of nitrogens with zero attached hydrogens (tertiary/aromatic N) is 1. The molecule has 0 amide bonds. The fraction of sp³-hybridized carbons (Fsp3) is 0.556. The van der Waals surface area contributed by atoms with Crippen LogP contribution < -0.4 is 9.47 Å². The molecule has 0 radical (unpaired) electrons. The van der Waals surface area contributed by atoms with Crippen LogP contribution in [0.3, 0.4) is 0 Å². The predicted molar refractivity (Wildman–Crippen MR) is 82.5 cm³/mol. The lowest BCUT2D eigenvalue weighted by molar-refractivity contribution is -0.0453. The van der Waals surface area contributed by atoms with Crippen LogP contribution in [0.25, 0.3) is 0 Å². The van der Waals surface area contributed by atoms with Crippen molar-refractivity contribution in [1.82, 2.24) is 4.90 Å². The zero-order chi connectivity index (χ0) is 17.6. The van der Waals surface area contributed by atoms with Crippen LogP contribution in [0.1, 0.15) is 21.7 Å². The number of likely N-dealkylation sites (N-methyl/N-ethyl adjacent to an activating group) is 1. The maximum atomic E-state index is 10.6. The molecule has 1 fully saturated rings. The Balaban J connectivity index is 1.75. The third-order valence-electron chi connectivity index (χ3n) is 6.08. The van der Waals surface area contributed by atoms with Crippen LogP contribution in [0.5, 0.6) is 11.5 Å². The Bertz CT molecular complexity index is 778. The minimum atomic E-state index is -2.11. The molecular formula is C18H21NO3. The number of methoxy groups -OCH3 is 1. The number of benzene rings is 1. The highest BCUT2D eigenvalue weighted by Crippen LogP contribution is 2.62. The zero-order valence-electron chi connectivity index (χ0n) is 15.5. The van der Waals surface area contributed by atoms with Gasteiger partial charge in [0.1, 0.15) is 12.2 Å². The summed E-state index contributed by atoms with van der Waals surface area (Å²) >= 11 is 0. The molecule has 22 heavy (non-hydrogen) atoms. The molecule has 4 unspecified atom stereocenters. The maximum Gasteiger partial charge on any atom is 0.165 e. The number of likely N-dealkylation sites (tertiary alicyclic amines) is 1. The first-order valence-electron chi connectivity index (χ1n) is 9.38. The monoisotopic (exact) mass is 302 g/mol. The molecule has 5 atom stereocenters. The van der Waals surface area contributed by atoms with Crippen LogP contribution >= 0.6 is 0 Å². The van der Waals surface area contributed by atoms with Gasteiger partial charge in [-0.3, -0.25) is 0 Å². The molecule has 116 valence electrons. The molecule has 1 N–H and O–H groups in total. The molecule has 2 aliphatic heterocycles. The topological polar surface area (TPSA) is 41.9 Å². The number of aliphatic hydroxyl groups is 1. The summed E-state index contributed by atoms with van der Waals surface area (Å²) in [5, 5.41) is 10.6. The first-order chi connectivity index (χ1) is 11.9. The minimum Gasteiger partial charge on any atom is -0.493 e. The number of piperidine rings is 1. The summed E-state index contributed by atoms with van der Waals surface area (Å²) in [5.41, 5.74) is 1.89. The van der Waals surface area contributed by atoms with E-state index in [1.54, 1.807) is 18.1 Å². The van der Waals surface area contributed by atoms with E-state index in [1.807, 2.05) is 18.2 Å². The molecule has 1 aromatic rings. The minimum absolute atomic E-state index is 0.0240. The van der Waals surface area contributed by atoms with E-state index < -0.39 is 13.1 Å². The fourth-order valence-corrected chi connectivity index (χ4v) is 5.21. The Morgan fingerprint density at radius 3 is 3.18 bits per heavy atom. The van der Waals surface area contributed by atoms with E-state index in [0.29, 0.717) is 25.1 Å². The lowest BCUT2D eigenvalue weighted by atomic mass is 9.53. The van der Waals surface area contributed by atoms with Crippen molar-refractivity contribution in [2.75, 3.05) is 20.6 Å². The Kier molecular flexibility index (Phi) is 1.90. The normalized spacial score (nSPS) is 43.6. The number of hydrogen-bond acceptors (Lipinski definition) is 4. The average molecular weight is 302 g/mol. The van der Waals surface area contributed by atoms with E-state index in [1.165, 1.54) is 0 Å². The molecular weight excluding hydrogens is 278 g/mol. The quantitative estimate of drug-likeness (QED) is 0.798. The van der Waals surface area contributed by atoms with Crippen LogP contribution in [0.4, 0.5) is 0 Å². The molecule has 2 bridgehead atoms. The van der Waals surface area contributed by atoms with Crippen LogP contribution in [-0.4, -0.2) is 48.9 Å². The number of ether oxygens (including phenoxy) is 2. The first kappa shape index (κ1) is 10.3. The van der Waals surface area contributed by atoms with Gasteiger partial charge in [-0.15, -0.1) is 0 Å². The molecule has 2 heterocycles. The van der Waals surface area contributed by atoms with Crippen molar-refractivity contribution in [2.24, 2.45) is 5.92 Å². The fourth-order valence-electron chi connectivity index (χ4n) is 5.21. The summed E-state index contributed by atoms with van der Waals surface area (Å²) < 4.78 is 35.6. The van der Waals surface area contributed by atoms with E-state index in [9.17, 15) is 5.11 Å². The summed E-state index contributed by atoms with van der Waals surface area (Å²) in [6.07, 6.45) is 4.05. The molecule has 1 saturated heterocycles. The van der Waals surface area contributed by atoms with Crippen LogP contribution in [0.2, 0.25) is 0 Å². The number of hydrogen-bond donors (Lipinski definition) is 1. The highest BCUT2D eigenvalue weighted by molar-refractivity contribution is 5.62. The SMILES string of the molecule is [2H]C([2H])([2H])N1CC[C@]23c4c5ccc(OC)c4OC2C(O)C=CC3C1C5. The van der Waals surface area contributed by atoms with Gasteiger partial charge in [-0.2, -0.15) is 0 Å². The van der Waals surface area contributed by atoms with Gasteiger partial charge in [0, 0.05) is 27.1 Å². The van der Waals surface area contributed by atoms with Gasteiger partial charge < -0.3 is 19.5 Å². The molecule has 1 spiro atoms. The van der Waals surface area contributed by atoms with Gasteiger partial charge in [-0.25, -0.2) is 0 Å². The van der Waals surface area contributed by atoms with E-state index >= 15 is 0 Å². The Morgan fingerprint density at radius 2 is 2.36 bits per heavy atom. The molecule has 4 heteroatoms. The third kappa shape index (κ3) is 1.28. The second-order valence-corrected chi connectivity index (χ2v) is 6.83. The summed E-state index contributed by atoms with van der Waals surface area (Å²) in [5.74, 6) is 1.44. The van der Waals surface area contributed by atoms with Gasteiger partial charge in [-0.1, -0.05) is 18.2 Å². The van der Waals surface area contributed by atoms with Crippen molar-refractivity contribution in [3.63, 3.8) is 0 Å². The predicted octanol–water partition coefficient (Wildman–Crippen LogP) is 1.50. The number of rotatable bonds is 1. The molecule has 1 aromatic carbocycles. The second-order valence-electron chi connectivity index (χ2n) is 6.83. The van der Waals surface area contributed by atoms with Gasteiger partial charge in [0.15, 0.2) is 11.5 Å². The van der Waals surface area contributed by atoms with Crippen molar-refractivity contribution >= 4 is 0 Å². The van der Waals surface area contributed by atoms with Crippen molar-refractivity contribution in [1.29, 1.82) is 0 Å². The van der Waals surface area contributed by atoms with Gasteiger partial charge >= 0.3 is 0 Å². The van der Waals surface area contributed by atoms with Crippen molar-refractivity contribution in [2.45, 2.75) is 36.5 Å². The summed E-state index contributed by atoms with van der Waals surface area (Å²) in [7, 11) is 1.62. The standard InChI is InChI=1S/C18H21NO3/c1-19-8-7-18-11-4-5-13(20)17(18)22-16-14(21-2)6-3-10(15(16)18)9-12(11)19/h3-6,11-13,17,20H,7-9H2,1-2H3/t11?,12?,13?,17?,18-/m0/s1/i1D3. The van der Waals surface area contributed by atoms with E-state index in [0.717, 1.165) is 16.9 Å². The second kappa shape index (κ2) is 4.06. The van der Waals surface area contributed by atoms with Crippen molar-refractivity contribution in [3.05, 3.63) is 35.4 Å². The Morgan fingerprint density at radius 1 is 1.45 bits per heavy atom. The van der Waals surface area contributed by atoms with Crippen LogP contribution in [0, 0.1) is 5.92 Å². The molecule has 0 saturated carbocycles. The first-order valence-corrected chi connectivity index (χ1v) is 7.88. The van der Waals surface area contributed by atoms with Gasteiger partial charge in [0.05, 0.1) is 7.11 Å². The molecule has 5 rings (SSSR count). The lowest BCUT2D eigenvalue weighted by Crippen LogP contribution is -2.64. The van der Waals surface area contributed by atoms with E-state index in [-0.39, 0.29) is 23.5 Å². The number of aliphatic hydroxyl groups excluding tert-OH is 1. The van der Waals surface area contributed by atoms with Gasteiger partial charge in [0.25, 0.3) is 0 Å². The lowest BCUT2D eigenvalue weighted by Gasteiger charge is -2.56. The largest absolute Gasteiger partial charge is 0.493 e. The maximum absolute atomic E-state index is 10.6. The molecule has 4 aliphatic rings. The summed E-state index contributed by atoms with van der Waals surface area (Å²) in [6, 6.07) is 3.81. The highest BCUT2D eigenvalue weighted by atomic mass is 16.5. The Hall–Kier alpha value is -1.52. The summed E-state index contributed by atoms with van der Waals surface area (Å²) in [6.45, 7) is -1.63. The van der Waals surface area contributed by atoms with Crippen molar-refractivity contribution in [3.8, 4) is 11.5 Å². The third-order valence-corrected chi connectivity index (χ3v) is 6.08. The van der Waals surface area contributed by atoms with E-state index in [2.05, 4.69) is 0 Å². The van der Waals surface area contributed by atoms with Gasteiger partial charge in [0.2, 0.25) is 0 Å². The van der Waals surface area contributed by atoms with Gasteiger partial charge in [-0.05, 0) is 38.0 Å².